The summed E-state index contributed by atoms with van der Waals surface area (Å²) in [5.41, 5.74) is 5.86. The first-order chi connectivity index (χ1) is 21.2. The van der Waals surface area contributed by atoms with Gasteiger partial charge in [0.15, 0.2) is 5.78 Å². The van der Waals surface area contributed by atoms with Crippen LogP contribution in [0.1, 0.15) is 58.5 Å². The third-order valence-corrected chi connectivity index (χ3v) is 8.99. The molecule has 1 amide bonds. The number of Topliss-reactive ketones (excluding diaryl/α,β-unsaturated/α-hetero) is 1. The summed E-state index contributed by atoms with van der Waals surface area (Å²) in [4.78, 5) is 39.6. The van der Waals surface area contributed by atoms with Crippen LogP contribution in [0.15, 0.2) is 48.7 Å². The number of hydrogen-bond acceptors (Lipinski definition) is 8. The third-order valence-electron chi connectivity index (χ3n) is 8.99. The van der Waals surface area contributed by atoms with Gasteiger partial charge in [0.25, 0.3) is 5.91 Å². The molecule has 2 aromatic carbocycles. The first-order valence-corrected chi connectivity index (χ1v) is 15.7. The number of pyridine rings is 1. The monoisotopic (exact) mass is 598 g/mol. The number of hydrogen-bond donors (Lipinski definition) is 1. The van der Waals surface area contributed by atoms with Crippen LogP contribution in [-0.2, 0) is 0 Å². The van der Waals surface area contributed by atoms with Crippen LogP contribution in [-0.4, -0.2) is 97.4 Å². The van der Waals surface area contributed by atoms with Crippen molar-refractivity contribution in [3.63, 3.8) is 0 Å². The number of likely N-dealkylation sites (tertiary alicyclic amines) is 1. The van der Waals surface area contributed by atoms with Crippen LogP contribution in [0.4, 0.5) is 22.9 Å². The van der Waals surface area contributed by atoms with E-state index in [4.69, 9.17) is 4.74 Å². The minimum atomic E-state index is 0.0238. The van der Waals surface area contributed by atoms with Gasteiger partial charge >= 0.3 is 0 Å². The lowest BCUT2D eigenvalue weighted by atomic mass is 10.0. The molecule has 234 valence electrons. The summed E-state index contributed by atoms with van der Waals surface area (Å²) < 4.78 is 6.00. The van der Waals surface area contributed by atoms with Crippen LogP contribution in [0.5, 0.6) is 5.75 Å². The highest BCUT2D eigenvalue weighted by Gasteiger charge is 2.29. The standard InChI is InChI=1S/C35H46N6O3/c1-7-44-32-21-27(35(43)41-19-17-40(18-20-41)28-13-15-38(5)16-14-28)11-12-30(32)37-33-22-31(25(3)23-36-33)39(6)34-24(2)9-8-10-29(34)26(4)42/h8-12,21-23,28H,7,13-20H2,1-6H3,(H,36,37). The van der Waals surface area contributed by atoms with Crippen molar-refractivity contribution in [3.8, 4) is 5.75 Å². The molecule has 2 aliphatic heterocycles. The van der Waals surface area contributed by atoms with Crippen molar-refractivity contribution >= 4 is 34.6 Å². The number of ether oxygens (including phenoxy) is 1. The molecule has 5 rings (SSSR count). The Labute approximate surface area is 261 Å². The molecule has 0 spiro atoms. The number of rotatable bonds is 9. The van der Waals surface area contributed by atoms with E-state index in [0.717, 1.165) is 67.5 Å². The average molecular weight is 599 g/mol. The highest BCUT2D eigenvalue weighted by Crippen LogP contribution is 2.35. The lowest BCUT2D eigenvalue weighted by molar-refractivity contribution is 0.0475. The number of anilines is 4. The van der Waals surface area contributed by atoms with Crippen molar-refractivity contribution in [2.45, 2.75) is 46.6 Å². The quantitative estimate of drug-likeness (QED) is 0.316. The zero-order valence-electron chi connectivity index (χ0n) is 27.0. The molecule has 0 aliphatic carbocycles. The fraction of sp³-hybridized carbons (Fsp3) is 0.457. The smallest absolute Gasteiger partial charge is 0.254 e. The second-order valence-corrected chi connectivity index (χ2v) is 12.1. The van der Waals surface area contributed by atoms with Crippen LogP contribution in [0, 0.1) is 13.8 Å². The third kappa shape index (κ3) is 6.89. The first kappa shape index (κ1) is 31.5. The second kappa shape index (κ2) is 13.8. The van der Waals surface area contributed by atoms with Crippen LogP contribution >= 0.6 is 0 Å². The maximum absolute atomic E-state index is 13.5. The molecule has 0 saturated carbocycles. The van der Waals surface area contributed by atoms with E-state index >= 15 is 0 Å². The second-order valence-electron chi connectivity index (χ2n) is 12.1. The van der Waals surface area contributed by atoms with Gasteiger partial charge < -0.3 is 24.8 Å². The topological polar surface area (TPSA) is 81.3 Å². The Morgan fingerprint density at radius 1 is 1.00 bits per heavy atom. The van der Waals surface area contributed by atoms with E-state index in [2.05, 4.69) is 27.1 Å². The highest BCUT2D eigenvalue weighted by molar-refractivity contribution is 6.01. The summed E-state index contributed by atoms with van der Waals surface area (Å²) in [6.45, 7) is 13.6. The van der Waals surface area contributed by atoms with Crippen molar-refractivity contribution in [1.29, 1.82) is 0 Å². The van der Waals surface area contributed by atoms with Gasteiger partial charge in [-0.05, 0) is 96.1 Å². The van der Waals surface area contributed by atoms with E-state index in [0.29, 0.717) is 35.3 Å². The van der Waals surface area contributed by atoms with Crippen molar-refractivity contribution < 1.29 is 14.3 Å². The van der Waals surface area contributed by atoms with E-state index in [-0.39, 0.29) is 11.7 Å². The van der Waals surface area contributed by atoms with Crippen LogP contribution < -0.4 is 15.0 Å². The number of aromatic nitrogens is 1. The van der Waals surface area contributed by atoms with E-state index in [1.165, 1.54) is 12.8 Å². The molecule has 9 nitrogen and oxygen atoms in total. The predicted octanol–water partition coefficient (Wildman–Crippen LogP) is 5.66. The SMILES string of the molecule is CCOc1cc(C(=O)N2CCN(C3CCN(C)CC3)CC2)ccc1Nc1cc(N(C)c2c(C)cccc2C(C)=O)c(C)cn1. The molecule has 1 aromatic heterocycles. The van der Waals surface area contributed by atoms with Gasteiger partial charge in [-0.3, -0.25) is 14.5 Å². The van der Waals surface area contributed by atoms with Crippen molar-refractivity contribution in [2.24, 2.45) is 0 Å². The fourth-order valence-corrected chi connectivity index (χ4v) is 6.46. The Balaban J connectivity index is 1.31. The zero-order chi connectivity index (χ0) is 31.4. The average Bonchev–Trinajstić information content (AvgIpc) is 3.02. The molecule has 44 heavy (non-hydrogen) atoms. The van der Waals surface area contributed by atoms with Gasteiger partial charge in [-0.25, -0.2) is 4.98 Å². The highest BCUT2D eigenvalue weighted by atomic mass is 16.5. The Hall–Kier alpha value is -3.95. The van der Waals surface area contributed by atoms with Gasteiger partial charge in [-0.1, -0.05) is 12.1 Å². The number of piperazine rings is 1. The number of nitrogens with one attached hydrogen (secondary N) is 1. The number of carbonyl (C=O) groups is 2. The van der Waals surface area contributed by atoms with E-state index in [1.807, 2.05) is 86.3 Å². The minimum Gasteiger partial charge on any atom is -0.492 e. The van der Waals surface area contributed by atoms with Gasteiger partial charge in [0, 0.05) is 68.3 Å². The lowest BCUT2D eigenvalue weighted by Gasteiger charge is -2.42. The van der Waals surface area contributed by atoms with E-state index < -0.39 is 0 Å². The van der Waals surface area contributed by atoms with Crippen molar-refractivity contribution in [2.75, 3.05) is 70.2 Å². The lowest BCUT2D eigenvalue weighted by Crippen LogP contribution is -2.54. The van der Waals surface area contributed by atoms with Gasteiger partial charge in [0.2, 0.25) is 0 Å². The molecular formula is C35H46N6O3. The molecular weight excluding hydrogens is 552 g/mol. The Bertz CT molecular complexity index is 1490. The molecule has 2 fully saturated rings. The van der Waals surface area contributed by atoms with Gasteiger partial charge in [0.1, 0.15) is 11.6 Å². The molecule has 0 bridgehead atoms. The molecule has 0 unspecified atom stereocenters. The van der Waals surface area contributed by atoms with Gasteiger partial charge in [0.05, 0.1) is 18.0 Å². The molecule has 2 saturated heterocycles. The maximum Gasteiger partial charge on any atom is 0.254 e. The normalized spacial score (nSPS) is 16.5. The number of ketones is 1. The summed E-state index contributed by atoms with van der Waals surface area (Å²) in [7, 11) is 4.16. The summed E-state index contributed by atoms with van der Waals surface area (Å²) in [6.07, 6.45) is 4.23. The van der Waals surface area contributed by atoms with Crippen molar-refractivity contribution in [3.05, 3.63) is 70.9 Å². The van der Waals surface area contributed by atoms with E-state index in [1.54, 1.807) is 6.92 Å². The molecule has 0 radical (unpaired) electrons. The molecule has 3 heterocycles. The number of benzene rings is 2. The number of carbonyl (C=O) groups excluding carboxylic acids is 2. The summed E-state index contributed by atoms with van der Waals surface area (Å²) >= 11 is 0. The molecule has 9 heteroatoms. The largest absolute Gasteiger partial charge is 0.492 e. The summed E-state index contributed by atoms with van der Waals surface area (Å²) in [5.74, 6) is 1.31. The van der Waals surface area contributed by atoms with E-state index in [9.17, 15) is 9.59 Å². The molecule has 1 N–H and O–H groups in total. The first-order valence-electron chi connectivity index (χ1n) is 15.7. The molecule has 2 aliphatic rings. The summed E-state index contributed by atoms with van der Waals surface area (Å²) in [6, 6.07) is 14.0. The van der Waals surface area contributed by atoms with Gasteiger partial charge in [-0.15, -0.1) is 0 Å². The molecule has 3 aromatic rings. The fourth-order valence-electron chi connectivity index (χ4n) is 6.46. The number of nitrogens with zero attached hydrogens (tertiary/aromatic N) is 5. The Morgan fingerprint density at radius 3 is 2.41 bits per heavy atom. The minimum absolute atomic E-state index is 0.0238. The van der Waals surface area contributed by atoms with Gasteiger partial charge in [-0.2, -0.15) is 0 Å². The zero-order valence-corrected chi connectivity index (χ0v) is 27.0. The van der Waals surface area contributed by atoms with Crippen LogP contribution in [0.25, 0.3) is 0 Å². The van der Waals surface area contributed by atoms with Crippen LogP contribution in [0.3, 0.4) is 0 Å². The summed E-state index contributed by atoms with van der Waals surface area (Å²) in [5, 5.41) is 3.41. The number of para-hydroxylation sites is 1. The van der Waals surface area contributed by atoms with Crippen LogP contribution in [0.2, 0.25) is 0 Å². The number of aryl methyl sites for hydroxylation is 2. The van der Waals surface area contributed by atoms with Crippen molar-refractivity contribution in [1.82, 2.24) is 19.7 Å². The maximum atomic E-state index is 13.5. The number of piperidine rings is 1. The predicted molar refractivity (Wildman–Crippen MR) is 177 cm³/mol. The Morgan fingerprint density at radius 2 is 1.73 bits per heavy atom. The number of amides is 1. The molecule has 0 atom stereocenters. The Kier molecular flexibility index (Phi) is 9.86.